The summed E-state index contributed by atoms with van der Waals surface area (Å²) in [6.07, 6.45) is 2.47. The van der Waals surface area contributed by atoms with Gasteiger partial charge in [-0.3, -0.25) is 9.69 Å². The highest BCUT2D eigenvalue weighted by molar-refractivity contribution is 5.68. The molecule has 1 N–H and O–H groups in total. The van der Waals surface area contributed by atoms with Gasteiger partial charge in [0.15, 0.2) is 0 Å². The summed E-state index contributed by atoms with van der Waals surface area (Å²) in [7, 11) is 4.01. The molecule has 0 aliphatic carbocycles. The smallest absolute Gasteiger partial charge is 0.317 e. The van der Waals surface area contributed by atoms with Crippen LogP contribution in [-0.2, 0) is 4.79 Å². The summed E-state index contributed by atoms with van der Waals surface area (Å²) in [4.78, 5) is 14.7. The van der Waals surface area contributed by atoms with Crippen molar-refractivity contribution in [1.82, 2.24) is 9.80 Å². The third kappa shape index (κ3) is 4.07. The number of piperidine rings is 1. The molecule has 82 valence electrons. The Hall–Kier alpha value is -0.610. The molecule has 1 heterocycles. The topological polar surface area (TPSA) is 43.8 Å². The second-order valence-electron chi connectivity index (χ2n) is 4.36. The van der Waals surface area contributed by atoms with Crippen molar-refractivity contribution in [3.05, 3.63) is 0 Å². The van der Waals surface area contributed by atoms with E-state index >= 15 is 0 Å². The Labute approximate surface area is 85.5 Å². The molecule has 0 amide bonds. The third-order valence-electron chi connectivity index (χ3n) is 2.70. The van der Waals surface area contributed by atoms with Crippen LogP contribution in [0.5, 0.6) is 0 Å². The first-order valence-corrected chi connectivity index (χ1v) is 5.17. The van der Waals surface area contributed by atoms with Gasteiger partial charge in [0.05, 0.1) is 6.54 Å². The number of likely N-dealkylation sites (tertiary alicyclic amines) is 1. The van der Waals surface area contributed by atoms with Crippen LogP contribution < -0.4 is 0 Å². The Bertz CT molecular complexity index is 197. The molecule has 1 aliphatic heterocycles. The summed E-state index contributed by atoms with van der Waals surface area (Å²) in [5, 5.41) is 8.61. The lowest BCUT2D eigenvalue weighted by Gasteiger charge is -2.31. The van der Waals surface area contributed by atoms with Crippen LogP contribution in [0.4, 0.5) is 0 Å². The van der Waals surface area contributed by atoms with E-state index in [-0.39, 0.29) is 6.54 Å². The van der Waals surface area contributed by atoms with Gasteiger partial charge in [-0.2, -0.15) is 0 Å². The minimum atomic E-state index is -0.739. The summed E-state index contributed by atoms with van der Waals surface area (Å²) >= 11 is 0. The highest BCUT2D eigenvalue weighted by atomic mass is 16.4. The second kappa shape index (κ2) is 5.32. The van der Waals surface area contributed by atoms with Crippen molar-refractivity contribution in [1.29, 1.82) is 0 Å². The Morgan fingerprint density at radius 3 is 2.93 bits per heavy atom. The molecule has 4 heteroatoms. The average molecular weight is 200 g/mol. The van der Waals surface area contributed by atoms with E-state index in [0.29, 0.717) is 5.92 Å². The highest BCUT2D eigenvalue weighted by Gasteiger charge is 2.19. The zero-order valence-corrected chi connectivity index (χ0v) is 9.07. The number of carbonyl (C=O) groups is 1. The van der Waals surface area contributed by atoms with Crippen LogP contribution in [0.25, 0.3) is 0 Å². The molecule has 1 aliphatic rings. The van der Waals surface area contributed by atoms with Gasteiger partial charge in [-0.1, -0.05) is 0 Å². The predicted octanol–water partition coefficient (Wildman–Crippen LogP) is 0.345. The Kier molecular flexibility index (Phi) is 4.35. The standard InChI is InChI=1S/C10H20N2O2/c1-11-5-3-4-9(6-11)7-12(2)8-10(13)14/h9H,3-8H2,1-2H3,(H,13,14)/t9-/m0/s1. The fraction of sp³-hybridized carbons (Fsp3) is 0.900. The fourth-order valence-corrected chi connectivity index (χ4v) is 2.16. The Balaban J connectivity index is 2.25. The van der Waals surface area contributed by atoms with Crippen molar-refractivity contribution in [3.63, 3.8) is 0 Å². The molecule has 4 nitrogen and oxygen atoms in total. The van der Waals surface area contributed by atoms with E-state index in [2.05, 4.69) is 11.9 Å². The summed E-state index contributed by atoms with van der Waals surface area (Å²) in [5.41, 5.74) is 0. The molecule has 0 unspecified atom stereocenters. The van der Waals surface area contributed by atoms with Gasteiger partial charge >= 0.3 is 5.97 Å². The molecule has 0 spiro atoms. The van der Waals surface area contributed by atoms with Crippen molar-refractivity contribution in [2.24, 2.45) is 5.92 Å². The number of hydrogen-bond acceptors (Lipinski definition) is 3. The van der Waals surface area contributed by atoms with Gasteiger partial charge in [0.1, 0.15) is 0 Å². The third-order valence-corrected chi connectivity index (χ3v) is 2.70. The van der Waals surface area contributed by atoms with Gasteiger partial charge < -0.3 is 10.0 Å². The number of aliphatic carboxylic acids is 1. The van der Waals surface area contributed by atoms with Crippen LogP contribution >= 0.6 is 0 Å². The molecule has 1 fully saturated rings. The van der Waals surface area contributed by atoms with Gasteiger partial charge in [-0.15, -0.1) is 0 Å². The van der Waals surface area contributed by atoms with E-state index in [4.69, 9.17) is 5.11 Å². The van der Waals surface area contributed by atoms with Crippen LogP contribution in [0.15, 0.2) is 0 Å². The van der Waals surface area contributed by atoms with Crippen LogP contribution in [-0.4, -0.2) is 61.2 Å². The number of rotatable bonds is 4. The molecule has 14 heavy (non-hydrogen) atoms. The lowest BCUT2D eigenvalue weighted by molar-refractivity contribution is -0.138. The van der Waals surface area contributed by atoms with Crippen molar-refractivity contribution >= 4 is 5.97 Å². The number of carboxylic acids is 1. The average Bonchev–Trinajstić information content (AvgIpc) is 2.01. The first kappa shape index (κ1) is 11.5. The Morgan fingerprint density at radius 2 is 2.36 bits per heavy atom. The van der Waals surface area contributed by atoms with E-state index in [9.17, 15) is 4.79 Å². The van der Waals surface area contributed by atoms with Crippen molar-refractivity contribution in [3.8, 4) is 0 Å². The van der Waals surface area contributed by atoms with Crippen molar-refractivity contribution in [2.75, 3.05) is 40.3 Å². The number of hydrogen-bond donors (Lipinski definition) is 1. The largest absolute Gasteiger partial charge is 0.480 e. The van der Waals surface area contributed by atoms with Crippen LogP contribution in [0.2, 0.25) is 0 Å². The first-order valence-electron chi connectivity index (χ1n) is 5.17. The van der Waals surface area contributed by atoms with Crippen molar-refractivity contribution in [2.45, 2.75) is 12.8 Å². The number of nitrogens with zero attached hydrogens (tertiary/aromatic N) is 2. The van der Waals surface area contributed by atoms with Gasteiger partial charge in [0, 0.05) is 13.1 Å². The molecule has 0 aromatic heterocycles. The number of carboxylic acid groups (broad SMARTS) is 1. The maximum absolute atomic E-state index is 10.5. The van der Waals surface area contributed by atoms with Gasteiger partial charge in [-0.05, 0) is 39.4 Å². The molecule has 1 rings (SSSR count). The van der Waals surface area contributed by atoms with Crippen LogP contribution in [0, 0.1) is 5.92 Å². The van der Waals surface area contributed by atoms with E-state index in [1.54, 1.807) is 0 Å². The normalized spacial score (nSPS) is 24.1. The van der Waals surface area contributed by atoms with Gasteiger partial charge in [-0.25, -0.2) is 0 Å². The zero-order chi connectivity index (χ0) is 10.6. The minimum Gasteiger partial charge on any atom is -0.480 e. The van der Waals surface area contributed by atoms with E-state index in [1.807, 2.05) is 11.9 Å². The summed E-state index contributed by atoms with van der Waals surface area (Å²) < 4.78 is 0. The lowest BCUT2D eigenvalue weighted by atomic mass is 9.98. The quantitative estimate of drug-likeness (QED) is 0.711. The van der Waals surface area contributed by atoms with Gasteiger partial charge in [0.25, 0.3) is 0 Å². The highest BCUT2D eigenvalue weighted by Crippen LogP contribution is 2.15. The number of likely N-dealkylation sites (N-methyl/N-ethyl adjacent to an activating group) is 1. The van der Waals surface area contributed by atoms with E-state index in [0.717, 1.165) is 13.1 Å². The fourth-order valence-electron chi connectivity index (χ4n) is 2.16. The van der Waals surface area contributed by atoms with Crippen LogP contribution in [0.1, 0.15) is 12.8 Å². The van der Waals surface area contributed by atoms with Crippen LogP contribution in [0.3, 0.4) is 0 Å². The summed E-state index contributed by atoms with van der Waals surface area (Å²) in [6.45, 7) is 3.33. The monoisotopic (exact) mass is 200 g/mol. The molecular formula is C10H20N2O2. The lowest BCUT2D eigenvalue weighted by Crippen LogP contribution is -2.39. The minimum absolute atomic E-state index is 0.153. The molecule has 0 bridgehead atoms. The maximum atomic E-state index is 10.5. The second-order valence-corrected chi connectivity index (χ2v) is 4.36. The SMILES string of the molecule is CN1CCC[C@H](CN(C)CC(=O)O)C1. The molecule has 1 saturated heterocycles. The first-order chi connectivity index (χ1) is 6.58. The molecule has 1 atom stereocenters. The Morgan fingerprint density at radius 1 is 1.64 bits per heavy atom. The van der Waals surface area contributed by atoms with E-state index in [1.165, 1.54) is 19.4 Å². The van der Waals surface area contributed by atoms with Crippen molar-refractivity contribution < 1.29 is 9.90 Å². The predicted molar refractivity (Wildman–Crippen MR) is 55.4 cm³/mol. The molecular weight excluding hydrogens is 180 g/mol. The van der Waals surface area contributed by atoms with E-state index < -0.39 is 5.97 Å². The molecule has 0 radical (unpaired) electrons. The molecule has 0 aromatic carbocycles. The molecule has 0 aromatic rings. The summed E-state index contributed by atoms with van der Waals surface area (Å²) in [5.74, 6) is -0.102. The van der Waals surface area contributed by atoms with Gasteiger partial charge in [0.2, 0.25) is 0 Å². The summed E-state index contributed by atoms with van der Waals surface area (Å²) in [6, 6.07) is 0. The molecule has 0 saturated carbocycles. The maximum Gasteiger partial charge on any atom is 0.317 e. The zero-order valence-electron chi connectivity index (χ0n) is 9.07.